The van der Waals surface area contributed by atoms with Crippen LogP contribution in [0.2, 0.25) is 0 Å². The van der Waals surface area contributed by atoms with Gasteiger partial charge >= 0.3 is 0 Å². The van der Waals surface area contributed by atoms with Crippen molar-refractivity contribution in [3.05, 3.63) is 71.0 Å². The van der Waals surface area contributed by atoms with Crippen LogP contribution in [0.4, 0.5) is 0 Å². The van der Waals surface area contributed by atoms with Gasteiger partial charge in [-0.15, -0.1) is 11.3 Å². The van der Waals surface area contributed by atoms with Crippen molar-refractivity contribution in [2.75, 3.05) is 0 Å². The highest BCUT2D eigenvalue weighted by Gasteiger charge is 2.28. The number of thiazole rings is 1. The van der Waals surface area contributed by atoms with Gasteiger partial charge in [-0.25, -0.2) is 4.98 Å². The molecule has 0 radical (unpaired) electrons. The smallest absolute Gasteiger partial charge is 0.123 e. The van der Waals surface area contributed by atoms with E-state index in [0.29, 0.717) is 0 Å². The molecular weight excluding hydrogens is 280 g/mol. The van der Waals surface area contributed by atoms with Gasteiger partial charge in [0.05, 0.1) is 4.88 Å². The van der Waals surface area contributed by atoms with Gasteiger partial charge in [0.25, 0.3) is 0 Å². The van der Waals surface area contributed by atoms with Gasteiger partial charge in [0.1, 0.15) is 10.6 Å². The summed E-state index contributed by atoms with van der Waals surface area (Å²) in [5.41, 5.74) is 2.06. The normalized spacial score (nSPS) is 13.9. The Labute approximate surface area is 128 Å². The molecule has 3 aromatic rings. The zero-order valence-electron chi connectivity index (χ0n) is 11.9. The molecule has 0 aliphatic rings. The van der Waals surface area contributed by atoms with Crippen molar-refractivity contribution in [1.29, 1.82) is 0 Å². The van der Waals surface area contributed by atoms with E-state index < -0.39 is 5.60 Å². The molecule has 0 saturated carbocycles. The van der Waals surface area contributed by atoms with E-state index in [9.17, 15) is 5.11 Å². The number of pyridine rings is 1. The third-order valence-electron chi connectivity index (χ3n) is 3.53. The molecule has 4 heteroatoms. The second-order valence-corrected chi connectivity index (χ2v) is 6.23. The summed E-state index contributed by atoms with van der Waals surface area (Å²) in [5, 5.41) is 11.7. The van der Waals surface area contributed by atoms with Crippen LogP contribution in [0.25, 0.3) is 10.6 Å². The lowest BCUT2D eigenvalue weighted by atomic mass is 9.96. The van der Waals surface area contributed by atoms with Crippen LogP contribution in [0, 0.1) is 6.92 Å². The van der Waals surface area contributed by atoms with Crippen molar-refractivity contribution in [1.82, 2.24) is 9.97 Å². The van der Waals surface area contributed by atoms with E-state index in [1.165, 1.54) is 16.9 Å². The van der Waals surface area contributed by atoms with E-state index in [0.717, 1.165) is 21.0 Å². The maximum Gasteiger partial charge on any atom is 0.123 e. The van der Waals surface area contributed by atoms with Crippen LogP contribution in [-0.2, 0) is 5.60 Å². The number of benzene rings is 1. The lowest BCUT2D eigenvalue weighted by molar-refractivity contribution is 0.106. The summed E-state index contributed by atoms with van der Waals surface area (Å²) >= 11 is 1.51. The minimum Gasteiger partial charge on any atom is -0.380 e. The second kappa shape index (κ2) is 5.39. The molecule has 3 rings (SSSR count). The highest BCUT2D eigenvalue weighted by Crippen LogP contribution is 2.35. The van der Waals surface area contributed by atoms with Gasteiger partial charge in [0.2, 0.25) is 0 Å². The Morgan fingerprint density at radius 2 is 1.71 bits per heavy atom. The van der Waals surface area contributed by atoms with E-state index in [4.69, 9.17) is 0 Å². The molecular formula is C17H16N2OS. The van der Waals surface area contributed by atoms with Crippen LogP contribution in [0.3, 0.4) is 0 Å². The molecule has 0 bridgehead atoms. The SMILES string of the molecule is Cc1ccc(-c2ncc(C(C)(O)c3ccncc3)s2)cc1. The monoisotopic (exact) mass is 296 g/mol. The fraction of sp³-hybridized carbons (Fsp3) is 0.176. The van der Waals surface area contributed by atoms with Crippen molar-refractivity contribution in [3.8, 4) is 10.6 Å². The Hall–Kier alpha value is -2.04. The first kappa shape index (κ1) is 13.9. The van der Waals surface area contributed by atoms with Crippen molar-refractivity contribution < 1.29 is 5.11 Å². The number of hydrogen-bond acceptors (Lipinski definition) is 4. The van der Waals surface area contributed by atoms with Crippen LogP contribution >= 0.6 is 11.3 Å². The summed E-state index contributed by atoms with van der Waals surface area (Å²) in [5.74, 6) is 0. The number of aromatic nitrogens is 2. The quantitative estimate of drug-likeness (QED) is 0.800. The summed E-state index contributed by atoms with van der Waals surface area (Å²) < 4.78 is 0. The Morgan fingerprint density at radius 1 is 1.05 bits per heavy atom. The number of aryl methyl sites for hydroxylation is 1. The van der Waals surface area contributed by atoms with Crippen LogP contribution < -0.4 is 0 Å². The highest BCUT2D eigenvalue weighted by atomic mass is 32.1. The van der Waals surface area contributed by atoms with E-state index in [1.807, 2.05) is 12.1 Å². The first-order valence-corrected chi connectivity index (χ1v) is 7.55. The zero-order chi connectivity index (χ0) is 14.9. The van der Waals surface area contributed by atoms with Gasteiger partial charge in [0, 0.05) is 24.2 Å². The second-order valence-electron chi connectivity index (χ2n) is 5.20. The van der Waals surface area contributed by atoms with Crippen molar-refractivity contribution in [2.24, 2.45) is 0 Å². The van der Waals surface area contributed by atoms with Gasteiger partial charge in [-0.1, -0.05) is 29.8 Å². The molecule has 1 unspecified atom stereocenters. The first-order chi connectivity index (χ1) is 10.1. The standard InChI is InChI=1S/C17H16N2OS/c1-12-3-5-13(6-4-12)16-19-11-15(21-16)17(2,20)14-7-9-18-10-8-14/h3-11,20H,1-2H3. The number of rotatable bonds is 3. The predicted octanol–water partition coefficient (Wildman–Crippen LogP) is 3.77. The average Bonchev–Trinajstić information content (AvgIpc) is 2.99. The Morgan fingerprint density at radius 3 is 2.38 bits per heavy atom. The molecule has 0 aliphatic heterocycles. The van der Waals surface area contributed by atoms with E-state index in [2.05, 4.69) is 41.2 Å². The third kappa shape index (κ3) is 2.73. The highest BCUT2D eigenvalue weighted by molar-refractivity contribution is 7.15. The van der Waals surface area contributed by atoms with Crippen LogP contribution in [-0.4, -0.2) is 15.1 Å². The molecule has 0 aliphatic carbocycles. The van der Waals surface area contributed by atoms with Gasteiger partial charge < -0.3 is 5.11 Å². The molecule has 3 nitrogen and oxygen atoms in total. The molecule has 2 aromatic heterocycles. The number of aliphatic hydroxyl groups is 1. The average molecular weight is 296 g/mol. The summed E-state index contributed by atoms with van der Waals surface area (Å²) in [6, 6.07) is 11.9. The van der Waals surface area contributed by atoms with E-state index >= 15 is 0 Å². The fourth-order valence-corrected chi connectivity index (χ4v) is 3.14. The zero-order valence-corrected chi connectivity index (χ0v) is 12.8. The van der Waals surface area contributed by atoms with Gasteiger partial charge in [-0.05, 0) is 31.5 Å². The van der Waals surface area contributed by atoms with Gasteiger partial charge in [-0.3, -0.25) is 4.98 Å². The lowest BCUT2D eigenvalue weighted by Gasteiger charge is -2.21. The van der Waals surface area contributed by atoms with Crippen LogP contribution in [0.1, 0.15) is 22.9 Å². The topological polar surface area (TPSA) is 46.0 Å². The van der Waals surface area contributed by atoms with E-state index in [-0.39, 0.29) is 0 Å². The molecule has 1 atom stereocenters. The largest absolute Gasteiger partial charge is 0.380 e. The Balaban J connectivity index is 1.96. The van der Waals surface area contributed by atoms with Crippen LogP contribution in [0.15, 0.2) is 55.0 Å². The van der Waals surface area contributed by atoms with Crippen molar-refractivity contribution >= 4 is 11.3 Å². The molecule has 21 heavy (non-hydrogen) atoms. The van der Waals surface area contributed by atoms with Gasteiger partial charge in [0.15, 0.2) is 0 Å². The maximum atomic E-state index is 10.8. The minimum absolute atomic E-state index is 0.816. The first-order valence-electron chi connectivity index (χ1n) is 6.73. The summed E-state index contributed by atoms with van der Waals surface area (Å²) in [6.07, 6.45) is 5.12. The number of nitrogens with zero attached hydrogens (tertiary/aromatic N) is 2. The molecule has 0 spiro atoms. The third-order valence-corrected chi connectivity index (χ3v) is 4.78. The number of hydrogen-bond donors (Lipinski definition) is 1. The molecule has 0 amide bonds. The predicted molar refractivity (Wildman–Crippen MR) is 85.2 cm³/mol. The summed E-state index contributed by atoms with van der Waals surface area (Å²) in [7, 11) is 0. The van der Waals surface area contributed by atoms with Crippen LogP contribution in [0.5, 0.6) is 0 Å². The Bertz CT molecular complexity index is 733. The minimum atomic E-state index is -1.05. The maximum absolute atomic E-state index is 10.8. The summed E-state index contributed by atoms with van der Waals surface area (Å²) in [6.45, 7) is 3.85. The molecule has 0 saturated heterocycles. The van der Waals surface area contributed by atoms with Crippen molar-refractivity contribution in [2.45, 2.75) is 19.4 Å². The molecule has 0 fully saturated rings. The molecule has 1 N–H and O–H groups in total. The lowest BCUT2D eigenvalue weighted by Crippen LogP contribution is -2.21. The molecule has 1 aromatic carbocycles. The molecule has 106 valence electrons. The molecule has 2 heterocycles. The Kier molecular flexibility index (Phi) is 3.57. The van der Waals surface area contributed by atoms with Gasteiger partial charge in [-0.2, -0.15) is 0 Å². The fourth-order valence-electron chi connectivity index (χ4n) is 2.15. The van der Waals surface area contributed by atoms with Crippen molar-refractivity contribution in [3.63, 3.8) is 0 Å². The summed E-state index contributed by atoms with van der Waals surface area (Å²) in [4.78, 5) is 9.26. The van der Waals surface area contributed by atoms with E-state index in [1.54, 1.807) is 25.5 Å².